The number of rotatable bonds is 6. The molecule has 2 aromatic heterocycles. The number of pyridine rings is 1. The van der Waals surface area contributed by atoms with Crippen LogP contribution < -0.4 is 10.1 Å². The molecule has 0 saturated carbocycles. The van der Waals surface area contributed by atoms with Crippen molar-refractivity contribution in [2.75, 3.05) is 7.11 Å². The van der Waals surface area contributed by atoms with Crippen molar-refractivity contribution >= 4 is 11.0 Å². The van der Waals surface area contributed by atoms with E-state index in [1.165, 1.54) is 12.1 Å². The first kappa shape index (κ1) is 20.0. The fourth-order valence-electron chi connectivity index (χ4n) is 3.28. The van der Waals surface area contributed by atoms with Gasteiger partial charge in [-0.15, -0.1) is 0 Å². The molecule has 0 bridgehead atoms. The third kappa shape index (κ3) is 4.16. The lowest BCUT2D eigenvalue weighted by atomic mass is 10.1. The minimum Gasteiger partial charge on any atom is -0.493 e. The number of alkyl halides is 3. The van der Waals surface area contributed by atoms with Crippen molar-refractivity contribution in [1.29, 1.82) is 0 Å². The Hall–Kier alpha value is -3.32. The zero-order valence-corrected chi connectivity index (χ0v) is 16.2. The van der Waals surface area contributed by atoms with Gasteiger partial charge in [-0.3, -0.25) is 4.98 Å². The Kier molecular flexibility index (Phi) is 5.46. The van der Waals surface area contributed by atoms with Gasteiger partial charge in [0.1, 0.15) is 5.76 Å². The second kappa shape index (κ2) is 8.20. The van der Waals surface area contributed by atoms with E-state index in [0.29, 0.717) is 35.7 Å². The fourth-order valence-corrected chi connectivity index (χ4v) is 3.28. The molecule has 0 unspecified atom stereocenters. The highest BCUT2D eigenvalue weighted by atomic mass is 19.4. The largest absolute Gasteiger partial charge is 0.493 e. The van der Waals surface area contributed by atoms with Gasteiger partial charge < -0.3 is 14.5 Å². The van der Waals surface area contributed by atoms with Crippen molar-refractivity contribution < 1.29 is 22.3 Å². The van der Waals surface area contributed by atoms with Gasteiger partial charge in [0.15, 0.2) is 11.3 Å². The van der Waals surface area contributed by atoms with E-state index >= 15 is 0 Å². The molecule has 0 radical (unpaired) electrons. The third-order valence-corrected chi connectivity index (χ3v) is 4.82. The monoisotopic (exact) mass is 412 g/mol. The number of halogens is 3. The van der Waals surface area contributed by atoms with E-state index < -0.39 is 11.7 Å². The van der Waals surface area contributed by atoms with Crippen molar-refractivity contribution in [2.24, 2.45) is 0 Å². The Labute approximate surface area is 171 Å². The molecular weight excluding hydrogens is 393 g/mol. The van der Waals surface area contributed by atoms with E-state index in [4.69, 9.17) is 9.15 Å². The molecule has 4 rings (SSSR count). The molecule has 0 amide bonds. The topological polar surface area (TPSA) is 47.3 Å². The number of nitrogens with zero attached hydrogens (tertiary/aromatic N) is 1. The average Bonchev–Trinajstić information content (AvgIpc) is 3.20. The number of ether oxygens (including phenoxy) is 1. The van der Waals surface area contributed by atoms with Crippen LogP contribution in [0.4, 0.5) is 13.2 Å². The molecule has 0 aliphatic carbocycles. The second-order valence-electron chi connectivity index (χ2n) is 6.82. The number of hydrogen-bond donors (Lipinski definition) is 1. The lowest BCUT2D eigenvalue weighted by molar-refractivity contribution is -0.137. The van der Waals surface area contributed by atoms with E-state index in [0.717, 1.165) is 28.6 Å². The first-order chi connectivity index (χ1) is 14.5. The summed E-state index contributed by atoms with van der Waals surface area (Å²) >= 11 is 0. The number of benzene rings is 2. The minimum absolute atomic E-state index is 0.483. The molecular formula is C23H19F3N2O2. The van der Waals surface area contributed by atoms with Crippen LogP contribution in [0.2, 0.25) is 0 Å². The van der Waals surface area contributed by atoms with Crippen LogP contribution in [0.1, 0.15) is 16.7 Å². The van der Waals surface area contributed by atoms with Crippen LogP contribution >= 0.6 is 0 Å². The molecule has 0 atom stereocenters. The zero-order valence-electron chi connectivity index (χ0n) is 16.2. The predicted molar refractivity (Wildman–Crippen MR) is 108 cm³/mol. The standard InChI is InChI=1S/C23H19F3N2O2/c1-29-20-9-6-17(14-28-13-15-3-2-10-27-12-15)19-11-21(30-22(19)20)16-4-7-18(8-5-16)23(24,25)26/h2-12,28H,13-14H2,1H3. The van der Waals surface area contributed by atoms with Crippen molar-refractivity contribution in [3.63, 3.8) is 0 Å². The van der Waals surface area contributed by atoms with E-state index in [2.05, 4.69) is 10.3 Å². The van der Waals surface area contributed by atoms with Gasteiger partial charge in [-0.2, -0.15) is 13.2 Å². The van der Waals surface area contributed by atoms with Crippen molar-refractivity contribution in [3.8, 4) is 17.1 Å². The Morgan fingerprint density at radius 1 is 1.03 bits per heavy atom. The summed E-state index contributed by atoms with van der Waals surface area (Å²) in [6, 6.07) is 14.4. The number of fused-ring (bicyclic) bond motifs is 1. The highest BCUT2D eigenvalue weighted by Gasteiger charge is 2.30. The third-order valence-electron chi connectivity index (χ3n) is 4.82. The number of hydrogen-bond acceptors (Lipinski definition) is 4. The van der Waals surface area contributed by atoms with E-state index in [1.54, 1.807) is 19.5 Å². The fraction of sp³-hybridized carbons (Fsp3) is 0.174. The van der Waals surface area contributed by atoms with Gasteiger partial charge >= 0.3 is 6.18 Å². The summed E-state index contributed by atoms with van der Waals surface area (Å²) in [6.07, 6.45) is -0.843. The van der Waals surface area contributed by atoms with Crippen LogP contribution in [0.3, 0.4) is 0 Å². The molecule has 4 nitrogen and oxygen atoms in total. The van der Waals surface area contributed by atoms with E-state index in [1.807, 2.05) is 30.3 Å². The van der Waals surface area contributed by atoms with Crippen LogP contribution in [-0.2, 0) is 19.3 Å². The molecule has 0 aliphatic heterocycles. The highest BCUT2D eigenvalue weighted by Crippen LogP contribution is 2.37. The van der Waals surface area contributed by atoms with Crippen molar-refractivity contribution in [3.05, 3.63) is 83.7 Å². The maximum Gasteiger partial charge on any atom is 0.416 e. The molecule has 154 valence electrons. The van der Waals surface area contributed by atoms with Gasteiger partial charge in [-0.25, -0.2) is 0 Å². The summed E-state index contributed by atoms with van der Waals surface area (Å²) in [5.41, 5.74) is 2.50. The molecule has 2 heterocycles. The van der Waals surface area contributed by atoms with Crippen molar-refractivity contribution in [1.82, 2.24) is 10.3 Å². The molecule has 4 aromatic rings. The number of nitrogens with one attached hydrogen (secondary N) is 1. The Bertz CT molecular complexity index is 1140. The molecule has 0 fully saturated rings. The summed E-state index contributed by atoms with van der Waals surface area (Å²) in [7, 11) is 1.55. The predicted octanol–water partition coefficient (Wildman–Crippen LogP) is 5.81. The van der Waals surface area contributed by atoms with Gasteiger partial charge in [-0.1, -0.05) is 24.3 Å². The molecule has 0 aliphatic rings. The van der Waals surface area contributed by atoms with Crippen LogP contribution in [0.5, 0.6) is 5.75 Å². The number of methoxy groups -OCH3 is 1. The number of aromatic nitrogens is 1. The molecule has 1 N–H and O–H groups in total. The van der Waals surface area contributed by atoms with Crippen LogP contribution in [-0.4, -0.2) is 12.1 Å². The lowest BCUT2D eigenvalue weighted by Gasteiger charge is -2.08. The summed E-state index contributed by atoms with van der Waals surface area (Å²) < 4.78 is 49.9. The average molecular weight is 412 g/mol. The summed E-state index contributed by atoms with van der Waals surface area (Å²) in [5.74, 6) is 1.05. The normalized spacial score (nSPS) is 11.7. The smallest absolute Gasteiger partial charge is 0.416 e. The van der Waals surface area contributed by atoms with Gasteiger partial charge in [0, 0.05) is 36.4 Å². The van der Waals surface area contributed by atoms with Crippen LogP contribution in [0.25, 0.3) is 22.3 Å². The summed E-state index contributed by atoms with van der Waals surface area (Å²) in [5, 5.41) is 4.22. The number of furan rings is 1. The molecule has 7 heteroatoms. The molecule has 0 saturated heterocycles. The first-order valence-electron chi connectivity index (χ1n) is 9.32. The van der Waals surface area contributed by atoms with Crippen LogP contribution in [0, 0.1) is 0 Å². The van der Waals surface area contributed by atoms with E-state index in [9.17, 15) is 13.2 Å². The quantitative estimate of drug-likeness (QED) is 0.434. The summed E-state index contributed by atoms with van der Waals surface area (Å²) in [6.45, 7) is 1.24. The Morgan fingerprint density at radius 2 is 1.83 bits per heavy atom. The SMILES string of the molecule is COc1ccc(CNCc2cccnc2)c2cc(-c3ccc(C(F)(F)F)cc3)oc12. The lowest BCUT2D eigenvalue weighted by Crippen LogP contribution is -2.12. The maximum atomic E-state index is 12.8. The molecule has 30 heavy (non-hydrogen) atoms. The zero-order chi connectivity index (χ0) is 21.1. The minimum atomic E-state index is -4.37. The summed E-state index contributed by atoms with van der Waals surface area (Å²) in [4.78, 5) is 4.10. The molecule has 2 aromatic carbocycles. The highest BCUT2D eigenvalue weighted by molar-refractivity contribution is 5.90. The van der Waals surface area contributed by atoms with Gasteiger partial charge in [0.05, 0.1) is 12.7 Å². The van der Waals surface area contributed by atoms with Gasteiger partial charge in [0.2, 0.25) is 0 Å². The second-order valence-corrected chi connectivity index (χ2v) is 6.82. The van der Waals surface area contributed by atoms with Gasteiger partial charge in [0.25, 0.3) is 0 Å². The van der Waals surface area contributed by atoms with Crippen LogP contribution in [0.15, 0.2) is 71.4 Å². The Balaban J connectivity index is 1.62. The Morgan fingerprint density at radius 3 is 2.50 bits per heavy atom. The first-order valence-corrected chi connectivity index (χ1v) is 9.32. The maximum absolute atomic E-state index is 12.8. The molecule has 0 spiro atoms. The van der Waals surface area contributed by atoms with Gasteiger partial charge in [-0.05, 0) is 41.5 Å². The van der Waals surface area contributed by atoms with Crippen molar-refractivity contribution in [2.45, 2.75) is 19.3 Å². The van der Waals surface area contributed by atoms with E-state index in [-0.39, 0.29) is 0 Å².